The van der Waals surface area contributed by atoms with E-state index in [0.29, 0.717) is 5.70 Å². The molecule has 0 radical (unpaired) electrons. The van der Waals surface area contributed by atoms with E-state index in [-0.39, 0.29) is 12.5 Å². The summed E-state index contributed by atoms with van der Waals surface area (Å²) >= 11 is 0. The number of carbonyl (C=O) groups excluding carboxylic acids is 2. The van der Waals surface area contributed by atoms with E-state index in [1.165, 1.54) is 13.0 Å². The third kappa shape index (κ3) is 2.11. The molecule has 78 valence electrons. The van der Waals surface area contributed by atoms with E-state index in [4.69, 9.17) is 0 Å². The van der Waals surface area contributed by atoms with E-state index < -0.39 is 18.0 Å². The van der Waals surface area contributed by atoms with Crippen LogP contribution >= 0.6 is 0 Å². The van der Waals surface area contributed by atoms with E-state index in [0.717, 1.165) is 0 Å². The molecule has 0 aromatic rings. The summed E-state index contributed by atoms with van der Waals surface area (Å²) in [5.41, 5.74) is 0.420. The molecule has 0 aromatic heterocycles. The fraction of sp³-hybridized carbons (Fsp3) is 0.556. The van der Waals surface area contributed by atoms with Crippen molar-refractivity contribution in [2.24, 2.45) is 5.92 Å². The second kappa shape index (κ2) is 4.23. The molecule has 1 aliphatic rings. The summed E-state index contributed by atoms with van der Waals surface area (Å²) in [6.45, 7) is 3.49. The van der Waals surface area contributed by atoms with Gasteiger partial charge in [0.05, 0.1) is 12.7 Å². The maximum absolute atomic E-state index is 11.0. The van der Waals surface area contributed by atoms with Gasteiger partial charge in [-0.3, -0.25) is 4.79 Å². The van der Waals surface area contributed by atoms with Gasteiger partial charge in [-0.25, -0.2) is 4.79 Å². The first-order chi connectivity index (χ1) is 6.56. The molecular weight excluding hydrogens is 186 g/mol. The quantitative estimate of drug-likeness (QED) is 0.367. The minimum absolute atomic E-state index is 0.268. The van der Waals surface area contributed by atoms with Crippen molar-refractivity contribution in [2.45, 2.75) is 20.0 Å². The number of hydrogen-bond acceptors (Lipinski definition) is 4. The predicted molar refractivity (Wildman–Crippen MR) is 48.0 cm³/mol. The summed E-state index contributed by atoms with van der Waals surface area (Å²) in [6.07, 6.45) is 0.409. The average molecular weight is 199 g/mol. The number of nitrogens with one attached hydrogen (secondary N) is 1. The molecule has 0 bridgehead atoms. The van der Waals surface area contributed by atoms with Crippen LogP contribution < -0.4 is 5.32 Å². The first-order valence-electron chi connectivity index (χ1n) is 4.43. The Morgan fingerprint density at radius 3 is 2.86 bits per heavy atom. The number of aliphatic hydroxyl groups excluding tert-OH is 1. The summed E-state index contributed by atoms with van der Waals surface area (Å²) < 4.78 is 4.66. The lowest BCUT2D eigenvalue weighted by molar-refractivity contribution is -0.137. The normalized spacial score (nSPS) is 25.2. The average Bonchev–Trinajstić information content (AvgIpc) is 2.01. The Kier molecular flexibility index (Phi) is 3.24. The minimum Gasteiger partial charge on any atom is -0.463 e. The Labute approximate surface area is 81.7 Å². The summed E-state index contributed by atoms with van der Waals surface area (Å²) in [4.78, 5) is 21.9. The van der Waals surface area contributed by atoms with Crippen LogP contribution in [0.5, 0.6) is 0 Å². The zero-order valence-corrected chi connectivity index (χ0v) is 8.11. The van der Waals surface area contributed by atoms with E-state index in [2.05, 4.69) is 10.1 Å². The molecule has 1 rings (SSSR count). The first-order valence-corrected chi connectivity index (χ1v) is 4.43. The molecule has 0 saturated carbocycles. The van der Waals surface area contributed by atoms with Crippen LogP contribution in [0.3, 0.4) is 0 Å². The second-order valence-corrected chi connectivity index (χ2v) is 3.06. The van der Waals surface area contributed by atoms with Gasteiger partial charge >= 0.3 is 5.97 Å². The molecule has 2 N–H and O–H groups in total. The van der Waals surface area contributed by atoms with E-state index in [9.17, 15) is 14.7 Å². The van der Waals surface area contributed by atoms with Gasteiger partial charge in [0.15, 0.2) is 0 Å². The van der Waals surface area contributed by atoms with Gasteiger partial charge in [0.1, 0.15) is 5.92 Å². The largest absolute Gasteiger partial charge is 0.463 e. The minimum atomic E-state index is -0.788. The predicted octanol–water partition coefficient (Wildman–Crippen LogP) is -0.440. The fourth-order valence-corrected chi connectivity index (χ4v) is 1.28. The molecule has 0 aliphatic carbocycles. The van der Waals surface area contributed by atoms with Crippen molar-refractivity contribution in [1.82, 2.24) is 5.32 Å². The van der Waals surface area contributed by atoms with Crippen molar-refractivity contribution in [1.29, 1.82) is 0 Å². The van der Waals surface area contributed by atoms with Gasteiger partial charge in [0, 0.05) is 11.8 Å². The van der Waals surface area contributed by atoms with Gasteiger partial charge in [-0.15, -0.1) is 0 Å². The Morgan fingerprint density at radius 1 is 1.79 bits per heavy atom. The molecule has 0 unspecified atom stereocenters. The standard InChI is InChI=1S/C9H13NO4/c1-3-14-7(12)4-6-8(5(2)11)9(13)10-6/h4-5,8,11H,3H2,1-2H3,(H,10,13)/b6-4+/t5-,8-/m1/s1. The zero-order valence-electron chi connectivity index (χ0n) is 8.11. The van der Waals surface area contributed by atoms with Crippen molar-refractivity contribution in [2.75, 3.05) is 6.61 Å². The molecule has 0 aromatic carbocycles. The lowest BCUT2D eigenvalue weighted by Gasteiger charge is -2.31. The van der Waals surface area contributed by atoms with Crippen LogP contribution in [0.1, 0.15) is 13.8 Å². The van der Waals surface area contributed by atoms with E-state index >= 15 is 0 Å². The fourth-order valence-electron chi connectivity index (χ4n) is 1.28. The Hall–Kier alpha value is -1.36. The molecule has 1 heterocycles. The highest BCUT2D eigenvalue weighted by Gasteiger charge is 2.38. The Bertz CT molecular complexity index is 283. The van der Waals surface area contributed by atoms with Gasteiger partial charge in [0.2, 0.25) is 5.91 Å². The topological polar surface area (TPSA) is 75.6 Å². The highest BCUT2D eigenvalue weighted by atomic mass is 16.5. The Morgan fingerprint density at radius 2 is 2.43 bits per heavy atom. The maximum atomic E-state index is 11.0. The van der Waals surface area contributed by atoms with Crippen LogP contribution in [-0.4, -0.2) is 29.7 Å². The maximum Gasteiger partial charge on any atom is 0.332 e. The second-order valence-electron chi connectivity index (χ2n) is 3.06. The first kappa shape index (κ1) is 10.7. The summed E-state index contributed by atoms with van der Waals surface area (Å²) in [6, 6.07) is 0. The molecular formula is C9H13NO4. The SMILES string of the molecule is CCOC(=O)/C=C1/NC(=O)[C@@H]1[C@@H](C)O. The molecule has 14 heavy (non-hydrogen) atoms. The number of carbonyl (C=O) groups is 2. The summed E-state index contributed by atoms with van der Waals surface area (Å²) in [5.74, 6) is -1.39. The molecule has 1 saturated heterocycles. The summed E-state index contributed by atoms with van der Waals surface area (Å²) in [7, 11) is 0. The lowest BCUT2D eigenvalue weighted by atomic mass is 9.91. The van der Waals surface area contributed by atoms with Gasteiger partial charge in [-0.2, -0.15) is 0 Å². The van der Waals surface area contributed by atoms with Crippen molar-refractivity contribution in [3.05, 3.63) is 11.8 Å². The number of ether oxygens (including phenoxy) is 1. The number of hydrogen-bond donors (Lipinski definition) is 2. The molecule has 2 atom stereocenters. The Balaban J connectivity index is 2.62. The van der Waals surface area contributed by atoms with Gasteiger partial charge in [-0.05, 0) is 13.8 Å². The molecule has 1 aliphatic heterocycles. The summed E-state index contributed by atoms with van der Waals surface area (Å²) in [5, 5.41) is 11.6. The van der Waals surface area contributed by atoms with Gasteiger partial charge < -0.3 is 15.2 Å². The van der Waals surface area contributed by atoms with Crippen LogP contribution in [0.15, 0.2) is 11.8 Å². The van der Waals surface area contributed by atoms with E-state index in [1.807, 2.05) is 0 Å². The molecule has 5 heteroatoms. The molecule has 1 fully saturated rings. The van der Waals surface area contributed by atoms with Crippen molar-refractivity contribution in [3.8, 4) is 0 Å². The highest BCUT2D eigenvalue weighted by molar-refractivity contribution is 5.95. The third-order valence-electron chi connectivity index (χ3n) is 1.93. The number of β-lactam (4-membered cyclic amide) rings is 1. The molecule has 0 spiro atoms. The molecule has 5 nitrogen and oxygen atoms in total. The van der Waals surface area contributed by atoms with Crippen LogP contribution in [-0.2, 0) is 14.3 Å². The van der Waals surface area contributed by atoms with Crippen LogP contribution in [0, 0.1) is 5.92 Å². The molecule has 1 amide bonds. The number of amides is 1. The van der Waals surface area contributed by atoms with Crippen molar-refractivity contribution in [3.63, 3.8) is 0 Å². The van der Waals surface area contributed by atoms with Crippen molar-refractivity contribution < 1.29 is 19.4 Å². The van der Waals surface area contributed by atoms with Crippen molar-refractivity contribution >= 4 is 11.9 Å². The monoisotopic (exact) mass is 199 g/mol. The van der Waals surface area contributed by atoms with Gasteiger partial charge in [0.25, 0.3) is 0 Å². The number of aliphatic hydroxyl groups is 1. The van der Waals surface area contributed by atoms with Crippen LogP contribution in [0.25, 0.3) is 0 Å². The highest BCUT2D eigenvalue weighted by Crippen LogP contribution is 2.22. The van der Waals surface area contributed by atoms with Crippen LogP contribution in [0.2, 0.25) is 0 Å². The number of esters is 1. The zero-order chi connectivity index (χ0) is 10.7. The number of rotatable bonds is 3. The van der Waals surface area contributed by atoms with Gasteiger partial charge in [-0.1, -0.05) is 0 Å². The third-order valence-corrected chi connectivity index (χ3v) is 1.93. The lowest BCUT2D eigenvalue weighted by Crippen LogP contribution is -2.51. The smallest absolute Gasteiger partial charge is 0.332 e. The van der Waals surface area contributed by atoms with E-state index in [1.54, 1.807) is 6.92 Å². The van der Waals surface area contributed by atoms with Crippen LogP contribution in [0.4, 0.5) is 0 Å².